The molecule has 12 heteroatoms. The maximum absolute atomic E-state index is 15.7. The Bertz CT molecular complexity index is 2220. The van der Waals surface area contributed by atoms with Gasteiger partial charge >= 0.3 is 0 Å². The van der Waals surface area contributed by atoms with Crippen molar-refractivity contribution < 1.29 is 26.9 Å². The van der Waals surface area contributed by atoms with Crippen molar-refractivity contribution in [3.05, 3.63) is 118 Å². The summed E-state index contributed by atoms with van der Waals surface area (Å²) in [7, 11) is -2.76. The largest absolute Gasteiger partial charge is 0.473 e. The van der Waals surface area contributed by atoms with Crippen LogP contribution >= 0.6 is 0 Å². The van der Waals surface area contributed by atoms with E-state index in [0.717, 1.165) is 18.9 Å². The first kappa shape index (κ1) is 33.7. The van der Waals surface area contributed by atoms with Gasteiger partial charge in [-0.15, -0.1) is 0 Å². The lowest BCUT2D eigenvalue weighted by atomic mass is 9.95. The molecule has 0 saturated heterocycles. The molecule has 0 bridgehead atoms. The minimum absolute atomic E-state index is 0.0908. The monoisotopic (exact) mass is 685 g/mol. The van der Waals surface area contributed by atoms with Gasteiger partial charge in [-0.1, -0.05) is 44.2 Å². The van der Waals surface area contributed by atoms with Gasteiger partial charge in [0.1, 0.15) is 24.1 Å². The third-order valence-electron chi connectivity index (χ3n) is 8.33. The van der Waals surface area contributed by atoms with Crippen LogP contribution in [-0.4, -0.2) is 42.4 Å². The van der Waals surface area contributed by atoms with Gasteiger partial charge in [-0.2, -0.15) is 0 Å². The first-order valence-electron chi connectivity index (χ1n) is 15.6. The fourth-order valence-electron chi connectivity index (χ4n) is 5.39. The van der Waals surface area contributed by atoms with Crippen LogP contribution in [0.4, 0.5) is 18.9 Å². The average molecular weight is 686 g/mol. The Morgan fingerprint density at radius 3 is 2.51 bits per heavy atom. The number of hydrogen-bond acceptors (Lipinski definition) is 5. The molecule has 1 atom stereocenters. The van der Waals surface area contributed by atoms with E-state index in [1.807, 2.05) is 4.57 Å². The predicted molar refractivity (Wildman–Crippen MR) is 185 cm³/mol. The molecule has 8 nitrogen and oxygen atoms in total. The highest BCUT2D eigenvalue weighted by Gasteiger charge is 2.32. The molecule has 0 radical (unpaired) electrons. The molecule has 1 amide bonds. The molecule has 1 aliphatic rings. The van der Waals surface area contributed by atoms with Gasteiger partial charge in [0, 0.05) is 46.4 Å². The van der Waals surface area contributed by atoms with Gasteiger partial charge in [0.25, 0.3) is 5.91 Å². The summed E-state index contributed by atoms with van der Waals surface area (Å²) in [5, 5.41) is -0.121. The van der Waals surface area contributed by atoms with E-state index in [4.69, 9.17) is 16.3 Å². The number of benzene rings is 3. The maximum Gasteiger partial charge on any atom is 0.262 e. The number of nitrogens with one attached hydrogen (secondary N) is 1. The molecule has 2 heterocycles. The van der Waals surface area contributed by atoms with Gasteiger partial charge in [0.05, 0.1) is 39.7 Å². The van der Waals surface area contributed by atoms with E-state index in [2.05, 4.69) is 20.4 Å². The van der Waals surface area contributed by atoms with Crippen molar-refractivity contribution in [1.82, 2.24) is 19.3 Å². The normalized spacial score (nSPS) is 14.3. The van der Waals surface area contributed by atoms with Crippen LogP contribution in [0, 0.1) is 23.6 Å². The van der Waals surface area contributed by atoms with Crippen LogP contribution in [0.3, 0.4) is 0 Å². The van der Waals surface area contributed by atoms with Gasteiger partial charge in [0.2, 0.25) is 5.88 Å². The SMILES string of the molecule is [C-]#[N+]c1ccc(COc2cccc(-c3ccc(Cc4nc5ccc(C(=O)NS(=C)(=O)C6CC6)cc5n4CC(C)(C)CF)c(F)c3)n2)c(F)c1. The molecule has 2 aromatic heterocycles. The van der Waals surface area contributed by atoms with Crippen LogP contribution in [-0.2, 0) is 29.3 Å². The summed E-state index contributed by atoms with van der Waals surface area (Å²) < 4.78 is 66.9. The molecule has 3 aromatic carbocycles. The van der Waals surface area contributed by atoms with Crippen molar-refractivity contribution in [2.45, 2.75) is 51.5 Å². The minimum atomic E-state index is -2.76. The van der Waals surface area contributed by atoms with Crippen LogP contribution in [0.2, 0.25) is 0 Å². The third-order valence-corrected chi connectivity index (χ3v) is 10.4. The maximum atomic E-state index is 15.7. The number of rotatable bonds is 12. The molecular weight excluding hydrogens is 652 g/mol. The predicted octanol–water partition coefficient (Wildman–Crippen LogP) is 7.62. The number of carbonyl (C=O) groups is 1. The Kier molecular flexibility index (Phi) is 9.22. The number of aromatic nitrogens is 3. The zero-order valence-corrected chi connectivity index (χ0v) is 27.8. The number of ether oxygens (including phenoxy) is 1. The van der Waals surface area contributed by atoms with Crippen molar-refractivity contribution in [3.63, 3.8) is 0 Å². The highest BCUT2D eigenvalue weighted by Crippen LogP contribution is 2.30. The van der Waals surface area contributed by atoms with Crippen molar-refractivity contribution in [2.24, 2.45) is 5.41 Å². The Morgan fingerprint density at radius 1 is 1.06 bits per heavy atom. The molecule has 1 aliphatic carbocycles. The zero-order valence-electron chi connectivity index (χ0n) is 27.0. The lowest BCUT2D eigenvalue weighted by Crippen LogP contribution is -2.33. The number of halogens is 3. The topological polar surface area (TPSA) is 90.5 Å². The Hall–Kier alpha value is -5.15. The fourth-order valence-corrected chi connectivity index (χ4v) is 6.89. The molecule has 0 aliphatic heterocycles. The molecule has 1 unspecified atom stereocenters. The Balaban J connectivity index is 1.24. The van der Waals surface area contributed by atoms with Crippen molar-refractivity contribution in [3.8, 4) is 17.1 Å². The van der Waals surface area contributed by atoms with Crippen LogP contribution in [0.5, 0.6) is 5.88 Å². The van der Waals surface area contributed by atoms with Gasteiger partial charge in [-0.25, -0.2) is 27.8 Å². The molecule has 6 rings (SSSR count). The van der Waals surface area contributed by atoms with Crippen molar-refractivity contribution in [2.75, 3.05) is 6.67 Å². The number of imidazole rings is 1. The molecule has 1 N–H and O–H groups in total. The van der Waals surface area contributed by atoms with E-state index in [9.17, 15) is 17.8 Å². The molecule has 49 heavy (non-hydrogen) atoms. The van der Waals surface area contributed by atoms with Crippen LogP contribution in [0.15, 0.2) is 72.8 Å². The quantitative estimate of drug-likeness (QED) is 0.108. The molecule has 0 spiro atoms. The summed E-state index contributed by atoms with van der Waals surface area (Å²) in [5.41, 5.74) is 2.38. The van der Waals surface area contributed by atoms with Crippen LogP contribution < -0.4 is 9.46 Å². The minimum Gasteiger partial charge on any atom is -0.473 e. The van der Waals surface area contributed by atoms with Crippen LogP contribution in [0.25, 0.3) is 27.1 Å². The number of hydrogen-bond donors (Lipinski definition) is 1. The number of fused-ring (bicyclic) bond motifs is 1. The van der Waals surface area contributed by atoms with E-state index in [-0.39, 0.29) is 47.5 Å². The second-order valence-electron chi connectivity index (χ2n) is 13.0. The van der Waals surface area contributed by atoms with Gasteiger partial charge in [0.15, 0.2) is 5.69 Å². The van der Waals surface area contributed by atoms with E-state index in [1.54, 1.807) is 62.4 Å². The smallest absolute Gasteiger partial charge is 0.262 e. The van der Waals surface area contributed by atoms with E-state index in [1.165, 1.54) is 18.2 Å². The van der Waals surface area contributed by atoms with Gasteiger partial charge in [-0.3, -0.25) is 13.9 Å². The Morgan fingerprint density at radius 2 is 1.82 bits per heavy atom. The standard InChI is InChI=1S/C37H34F3N5O3S/c1-37(2,21-38)22-45-33-17-25(36(46)44-49(4,47)28-13-14-28)11-15-32(33)42-34(45)18-23-8-9-24(16-29(23)39)31-6-5-7-35(43-31)48-20-26-10-12-27(41-3)19-30(26)40/h5-12,15-17,19,28H,4,13-14,18,20-22H2,1-2H3,(H,44,46,47). The second kappa shape index (κ2) is 13.4. The molecule has 1 saturated carbocycles. The number of nitrogens with zero attached hydrogens (tertiary/aromatic N) is 4. The lowest BCUT2D eigenvalue weighted by molar-refractivity contribution is 0.0982. The van der Waals surface area contributed by atoms with E-state index in [0.29, 0.717) is 33.7 Å². The fraction of sp³-hybridized carbons (Fsp3) is 0.270. The summed E-state index contributed by atoms with van der Waals surface area (Å²) >= 11 is 0. The van der Waals surface area contributed by atoms with Crippen LogP contribution in [0.1, 0.15) is 54.0 Å². The number of carbonyl (C=O) groups excluding carboxylic acids is 1. The molecular formula is C37H34F3N5O3S. The number of alkyl halides is 1. The van der Waals surface area contributed by atoms with E-state index >= 15 is 4.39 Å². The zero-order chi connectivity index (χ0) is 34.9. The molecule has 5 aromatic rings. The number of pyridine rings is 1. The summed E-state index contributed by atoms with van der Waals surface area (Å²) in [5.74, 6) is 2.87. The van der Waals surface area contributed by atoms with Crippen molar-refractivity contribution >= 4 is 38.2 Å². The van der Waals surface area contributed by atoms with Gasteiger partial charge < -0.3 is 9.30 Å². The Labute approximate surface area is 282 Å². The number of amides is 1. The van der Waals surface area contributed by atoms with Gasteiger partial charge in [-0.05, 0) is 60.7 Å². The first-order chi connectivity index (χ1) is 23.4. The second-order valence-corrected chi connectivity index (χ2v) is 15.3. The lowest BCUT2D eigenvalue weighted by Gasteiger charge is -2.23. The summed E-state index contributed by atoms with van der Waals surface area (Å²) in [4.78, 5) is 25.4. The molecule has 1 fully saturated rings. The highest BCUT2D eigenvalue weighted by atomic mass is 32.2. The summed E-state index contributed by atoms with van der Waals surface area (Å²) in [6, 6.07) is 18.8. The average Bonchev–Trinajstić information content (AvgIpc) is 3.90. The third kappa shape index (κ3) is 7.62. The van der Waals surface area contributed by atoms with Crippen molar-refractivity contribution in [1.29, 1.82) is 0 Å². The summed E-state index contributed by atoms with van der Waals surface area (Å²) in [6.45, 7) is 10.1. The summed E-state index contributed by atoms with van der Waals surface area (Å²) in [6.07, 6.45) is 1.61. The molecule has 252 valence electrons. The first-order valence-corrected chi connectivity index (χ1v) is 17.4. The highest BCUT2D eigenvalue weighted by molar-refractivity contribution is 7.99. The van der Waals surface area contributed by atoms with E-state index < -0.39 is 39.3 Å².